The summed E-state index contributed by atoms with van der Waals surface area (Å²) in [5, 5.41) is 5.80. The topological polar surface area (TPSA) is 58.2 Å². The first-order valence-corrected chi connectivity index (χ1v) is 8.16. The average Bonchev–Trinajstić information content (AvgIpc) is 3.29. The molecule has 4 nitrogen and oxygen atoms in total. The van der Waals surface area contributed by atoms with Gasteiger partial charge in [0.2, 0.25) is 11.8 Å². The fraction of sp³-hybridized carbons (Fsp3) is 0.556. The molecule has 2 N–H and O–H groups in total. The van der Waals surface area contributed by atoms with Gasteiger partial charge in [0.25, 0.3) is 0 Å². The van der Waals surface area contributed by atoms with E-state index in [0.29, 0.717) is 19.4 Å². The number of anilines is 1. The molecule has 0 unspecified atom stereocenters. The fourth-order valence-electron chi connectivity index (χ4n) is 2.50. The Balaban J connectivity index is 1.93. The van der Waals surface area contributed by atoms with Gasteiger partial charge in [-0.1, -0.05) is 25.8 Å². The SMILES string of the molecule is CCCCCNC(=O)C1(C(=O)Nc2ccc(C)c(C)c2)CC1. The van der Waals surface area contributed by atoms with E-state index >= 15 is 0 Å². The van der Waals surface area contributed by atoms with Gasteiger partial charge in [-0.05, 0) is 56.4 Å². The van der Waals surface area contributed by atoms with Crippen LogP contribution in [0.25, 0.3) is 0 Å². The molecule has 0 saturated heterocycles. The van der Waals surface area contributed by atoms with Gasteiger partial charge in [0.15, 0.2) is 0 Å². The van der Waals surface area contributed by atoms with Crippen molar-refractivity contribution in [2.75, 3.05) is 11.9 Å². The molecule has 1 fully saturated rings. The van der Waals surface area contributed by atoms with Gasteiger partial charge in [-0.3, -0.25) is 9.59 Å². The van der Waals surface area contributed by atoms with E-state index in [1.54, 1.807) is 0 Å². The van der Waals surface area contributed by atoms with Crippen molar-refractivity contribution in [3.8, 4) is 0 Å². The van der Waals surface area contributed by atoms with Crippen molar-refractivity contribution in [2.45, 2.75) is 52.9 Å². The molecule has 1 aromatic rings. The van der Waals surface area contributed by atoms with Gasteiger partial charge >= 0.3 is 0 Å². The Hall–Kier alpha value is -1.84. The van der Waals surface area contributed by atoms with Gasteiger partial charge in [0.05, 0.1) is 0 Å². The molecule has 0 aromatic heterocycles. The predicted octanol–water partition coefficient (Wildman–Crippen LogP) is 3.33. The maximum absolute atomic E-state index is 12.5. The van der Waals surface area contributed by atoms with E-state index in [0.717, 1.165) is 30.5 Å². The predicted molar refractivity (Wildman–Crippen MR) is 88.7 cm³/mol. The van der Waals surface area contributed by atoms with E-state index in [9.17, 15) is 9.59 Å². The van der Waals surface area contributed by atoms with Crippen LogP contribution in [-0.4, -0.2) is 18.4 Å². The van der Waals surface area contributed by atoms with Gasteiger partial charge in [-0.25, -0.2) is 0 Å². The molecule has 0 bridgehead atoms. The number of aryl methyl sites for hydroxylation is 2. The quantitative estimate of drug-likeness (QED) is 0.599. The minimum atomic E-state index is -0.842. The number of nitrogens with one attached hydrogen (secondary N) is 2. The second-order valence-electron chi connectivity index (χ2n) is 6.30. The van der Waals surface area contributed by atoms with Crippen molar-refractivity contribution in [2.24, 2.45) is 5.41 Å². The van der Waals surface area contributed by atoms with Crippen molar-refractivity contribution < 1.29 is 9.59 Å². The first kappa shape index (κ1) is 16.5. The molecule has 0 radical (unpaired) electrons. The second kappa shape index (κ2) is 6.95. The fourth-order valence-corrected chi connectivity index (χ4v) is 2.50. The zero-order valence-electron chi connectivity index (χ0n) is 13.8. The highest BCUT2D eigenvalue weighted by molar-refractivity contribution is 6.13. The van der Waals surface area contributed by atoms with E-state index in [4.69, 9.17) is 0 Å². The van der Waals surface area contributed by atoms with E-state index in [1.807, 2.05) is 32.0 Å². The molecule has 1 aliphatic rings. The zero-order valence-corrected chi connectivity index (χ0v) is 13.8. The van der Waals surface area contributed by atoms with Crippen LogP contribution in [-0.2, 0) is 9.59 Å². The third kappa shape index (κ3) is 3.67. The summed E-state index contributed by atoms with van der Waals surface area (Å²) in [4.78, 5) is 24.7. The minimum Gasteiger partial charge on any atom is -0.355 e. The van der Waals surface area contributed by atoms with Gasteiger partial charge in [-0.2, -0.15) is 0 Å². The van der Waals surface area contributed by atoms with E-state index < -0.39 is 5.41 Å². The molecule has 1 saturated carbocycles. The van der Waals surface area contributed by atoms with Crippen LogP contribution in [0, 0.1) is 19.3 Å². The number of rotatable bonds is 7. The minimum absolute atomic E-state index is 0.120. The smallest absolute Gasteiger partial charge is 0.240 e. The Kier molecular flexibility index (Phi) is 5.22. The van der Waals surface area contributed by atoms with Crippen LogP contribution in [0.1, 0.15) is 50.2 Å². The lowest BCUT2D eigenvalue weighted by atomic mass is 10.0. The first-order valence-electron chi connectivity index (χ1n) is 8.16. The summed E-state index contributed by atoms with van der Waals surface area (Å²) in [5.41, 5.74) is 2.24. The van der Waals surface area contributed by atoms with Crippen molar-refractivity contribution in [1.29, 1.82) is 0 Å². The van der Waals surface area contributed by atoms with Crippen LogP contribution in [0.2, 0.25) is 0 Å². The van der Waals surface area contributed by atoms with Crippen molar-refractivity contribution >= 4 is 17.5 Å². The van der Waals surface area contributed by atoms with E-state index in [2.05, 4.69) is 17.6 Å². The number of hydrogen-bond acceptors (Lipinski definition) is 2. The summed E-state index contributed by atoms with van der Waals surface area (Å²) in [6.07, 6.45) is 4.47. The summed E-state index contributed by atoms with van der Waals surface area (Å²) >= 11 is 0. The van der Waals surface area contributed by atoms with Crippen molar-refractivity contribution in [1.82, 2.24) is 5.32 Å². The van der Waals surface area contributed by atoms with Crippen LogP contribution in [0.4, 0.5) is 5.69 Å². The van der Waals surface area contributed by atoms with Gasteiger partial charge in [0, 0.05) is 12.2 Å². The molecular formula is C18H26N2O2. The first-order chi connectivity index (χ1) is 10.5. The lowest BCUT2D eigenvalue weighted by molar-refractivity contribution is -0.134. The lowest BCUT2D eigenvalue weighted by Crippen LogP contribution is -2.40. The van der Waals surface area contributed by atoms with Crippen LogP contribution < -0.4 is 10.6 Å². The van der Waals surface area contributed by atoms with Crippen LogP contribution in [0.15, 0.2) is 18.2 Å². The molecule has 1 aliphatic carbocycles. The highest BCUT2D eigenvalue weighted by atomic mass is 16.2. The zero-order chi connectivity index (χ0) is 16.2. The van der Waals surface area contributed by atoms with Crippen LogP contribution in [0.5, 0.6) is 0 Å². The van der Waals surface area contributed by atoms with Crippen LogP contribution >= 0.6 is 0 Å². The Morgan fingerprint density at radius 2 is 1.82 bits per heavy atom. The highest BCUT2D eigenvalue weighted by Gasteiger charge is 2.56. The van der Waals surface area contributed by atoms with E-state index in [-0.39, 0.29) is 11.8 Å². The highest BCUT2D eigenvalue weighted by Crippen LogP contribution is 2.46. The molecule has 22 heavy (non-hydrogen) atoms. The molecular weight excluding hydrogens is 276 g/mol. The molecule has 0 heterocycles. The molecule has 120 valence electrons. The maximum atomic E-state index is 12.5. The standard InChI is InChI=1S/C18H26N2O2/c1-4-5-6-11-19-16(21)18(9-10-18)17(22)20-15-8-7-13(2)14(3)12-15/h7-8,12H,4-6,9-11H2,1-3H3,(H,19,21)(H,20,22). The Bertz CT molecular complexity index is 562. The van der Waals surface area contributed by atoms with Gasteiger partial charge in [0.1, 0.15) is 5.41 Å². The van der Waals surface area contributed by atoms with Gasteiger partial charge in [-0.15, -0.1) is 0 Å². The summed E-state index contributed by atoms with van der Waals surface area (Å²) in [7, 11) is 0. The van der Waals surface area contributed by atoms with Crippen molar-refractivity contribution in [3.05, 3.63) is 29.3 Å². The molecule has 4 heteroatoms. The number of carbonyl (C=O) groups excluding carboxylic acids is 2. The Labute approximate surface area is 132 Å². The Morgan fingerprint density at radius 3 is 2.41 bits per heavy atom. The normalized spacial score (nSPS) is 15.2. The second-order valence-corrected chi connectivity index (χ2v) is 6.30. The van der Waals surface area contributed by atoms with Gasteiger partial charge < -0.3 is 10.6 Å². The average molecular weight is 302 g/mol. The Morgan fingerprint density at radius 1 is 1.09 bits per heavy atom. The molecule has 1 aromatic carbocycles. The van der Waals surface area contributed by atoms with Crippen LogP contribution in [0.3, 0.4) is 0 Å². The maximum Gasteiger partial charge on any atom is 0.240 e. The summed E-state index contributed by atoms with van der Waals surface area (Å²) in [5.74, 6) is -0.298. The molecule has 0 atom stereocenters. The molecule has 2 amide bonds. The summed E-state index contributed by atoms with van der Waals surface area (Å²) in [6.45, 7) is 6.83. The molecule has 0 spiro atoms. The number of benzene rings is 1. The largest absolute Gasteiger partial charge is 0.355 e. The third-order valence-corrected chi connectivity index (χ3v) is 4.45. The lowest BCUT2D eigenvalue weighted by Gasteiger charge is -2.16. The number of amides is 2. The van der Waals surface area contributed by atoms with Crippen molar-refractivity contribution in [3.63, 3.8) is 0 Å². The number of unbranched alkanes of at least 4 members (excludes halogenated alkanes) is 2. The summed E-state index contributed by atoms with van der Waals surface area (Å²) in [6, 6.07) is 5.81. The van der Waals surface area contributed by atoms with E-state index in [1.165, 1.54) is 5.56 Å². The molecule has 0 aliphatic heterocycles. The monoisotopic (exact) mass is 302 g/mol. The number of hydrogen-bond donors (Lipinski definition) is 2. The third-order valence-electron chi connectivity index (χ3n) is 4.45. The molecule has 2 rings (SSSR count). The summed E-state index contributed by atoms with van der Waals surface area (Å²) < 4.78 is 0. The number of carbonyl (C=O) groups is 2.